The first-order chi connectivity index (χ1) is 9.35. The fourth-order valence-electron chi connectivity index (χ4n) is 2.10. The van der Waals surface area contributed by atoms with Crippen LogP contribution in [0.3, 0.4) is 0 Å². The average molecular weight is 284 g/mol. The van der Waals surface area contributed by atoms with Crippen molar-refractivity contribution in [2.45, 2.75) is 32.9 Å². The molecule has 0 aliphatic rings. The maximum Gasteiger partial charge on any atom is 0.131 e. The van der Waals surface area contributed by atoms with E-state index in [0.29, 0.717) is 6.61 Å². The van der Waals surface area contributed by atoms with Gasteiger partial charge in [0.1, 0.15) is 5.82 Å². The zero-order valence-electron chi connectivity index (χ0n) is 13.5. The molecule has 0 aliphatic carbocycles. The van der Waals surface area contributed by atoms with Gasteiger partial charge < -0.3 is 20.1 Å². The first-order valence-electron chi connectivity index (χ1n) is 6.92. The van der Waals surface area contributed by atoms with Gasteiger partial charge in [0.2, 0.25) is 0 Å². The molecule has 1 aromatic rings. The van der Waals surface area contributed by atoms with E-state index in [1.54, 1.807) is 7.11 Å². The van der Waals surface area contributed by atoms with E-state index in [9.17, 15) is 5.11 Å². The van der Waals surface area contributed by atoms with Crippen molar-refractivity contribution in [2.24, 2.45) is 7.05 Å². The van der Waals surface area contributed by atoms with Crippen LogP contribution < -0.4 is 10.2 Å². The van der Waals surface area contributed by atoms with Crippen molar-refractivity contribution in [3.05, 3.63) is 11.3 Å². The van der Waals surface area contributed by atoms with E-state index in [1.807, 2.05) is 39.5 Å². The minimum atomic E-state index is -0.332. The van der Waals surface area contributed by atoms with Crippen LogP contribution >= 0.6 is 0 Å². The van der Waals surface area contributed by atoms with E-state index in [-0.39, 0.29) is 12.1 Å². The summed E-state index contributed by atoms with van der Waals surface area (Å²) >= 11 is 0. The number of nitrogens with zero attached hydrogens (tertiary/aromatic N) is 3. The van der Waals surface area contributed by atoms with Gasteiger partial charge in [-0.3, -0.25) is 4.68 Å². The molecule has 0 saturated heterocycles. The predicted octanol–water partition coefficient (Wildman–Crippen LogP) is 0.672. The highest BCUT2D eigenvalue weighted by molar-refractivity contribution is 5.51. The number of methoxy groups -OCH3 is 1. The van der Waals surface area contributed by atoms with Crippen LogP contribution in [0.4, 0.5) is 5.82 Å². The van der Waals surface area contributed by atoms with Crippen LogP contribution in [-0.4, -0.2) is 54.3 Å². The lowest BCUT2D eigenvalue weighted by molar-refractivity contribution is 0.199. The van der Waals surface area contributed by atoms with Crippen molar-refractivity contribution in [1.29, 1.82) is 0 Å². The van der Waals surface area contributed by atoms with Crippen LogP contribution in [0, 0.1) is 6.92 Å². The van der Waals surface area contributed by atoms with Crippen LogP contribution in [0.5, 0.6) is 0 Å². The minimum Gasteiger partial charge on any atom is -0.394 e. The molecule has 0 atom stereocenters. The molecular weight excluding hydrogens is 256 g/mol. The van der Waals surface area contributed by atoms with Crippen molar-refractivity contribution in [3.63, 3.8) is 0 Å². The van der Waals surface area contributed by atoms with Crippen molar-refractivity contribution in [3.8, 4) is 0 Å². The molecule has 0 aromatic carbocycles. The quantitative estimate of drug-likeness (QED) is 0.687. The summed E-state index contributed by atoms with van der Waals surface area (Å²) in [5.74, 6) is 1.03. The maximum absolute atomic E-state index is 9.56. The van der Waals surface area contributed by atoms with E-state index >= 15 is 0 Å². The van der Waals surface area contributed by atoms with E-state index in [2.05, 4.69) is 15.3 Å². The number of rotatable bonds is 8. The van der Waals surface area contributed by atoms with Crippen molar-refractivity contribution in [2.75, 3.05) is 38.8 Å². The Bertz CT molecular complexity index is 429. The Balaban J connectivity index is 2.95. The summed E-state index contributed by atoms with van der Waals surface area (Å²) < 4.78 is 6.91. The Morgan fingerprint density at radius 3 is 2.65 bits per heavy atom. The number of aliphatic hydroxyl groups excluding tert-OH is 1. The topological polar surface area (TPSA) is 62.5 Å². The highest BCUT2D eigenvalue weighted by Crippen LogP contribution is 2.27. The Morgan fingerprint density at radius 1 is 1.45 bits per heavy atom. The normalized spacial score (nSPS) is 11.9. The first kappa shape index (κ1) is 16.9. The molecule has 1 rings (SSSR count). The van der Waals surface area contributed by atoms with Gasteiger partial charge in [-0.25, -0.2) is 0 Å². The third-order valence-corrected chi connectivity index (χ3v) is 3.71. The molecule has 0 bridgehead atoms. The molecule has 0 radical (unpaired) electrons. The molecule has 1 aromatic heterocycles. The molecule has 116 valence electrons. The zero-order chi connectivity index (χ0) is 15.3. The monoisotopic (exact) mass is 284 g/mol. The number of anilines is 1. The zero-order valence-corrected chi connectivity index (χ0v) is 13.5. The highest BCUT2D eigenvalue weighted by Gasteiger charge is 2.28. The van der Waals surface area contributed by atoms with Gasteiger partial charge >= 0.3 is 0 Å². The predicted molar refractivity (Wildman–Crippen MR) is 81.1 cm³/mol. The van der Waals surface area contributed by atoms with Crippen LogP contribution in [0.2, 0.25) is 0 Å². The molecule has 0 fully saturated rings. The Kier molecular flexibility index (Phi) is 5.98. The summed E-state index contributed by atoms with van der Waals surface area (Å²) in [4.78, 5) is 2.08. The summed E-state index contributed by atoms with van der Waals surface area (Å²) in [6, 6.07) is 0. The smallest absolute Gasteiger partial charge is 0.131 e. The summed E-state index contributed by atoms with van der Waals surface area (Å²) in [5.41, 5.74) is 1.84. The number of aryl methyl sites for hydroxylation is 2. The second kappa shape index (κ2) is 7.06. The van der Waals surface area contributed by atoms with Crippen molar-refractivity contribution in [1.82, 2.24) is 15.1 Å². The molecule has 1 heterocycles. The van der Waals surface area contributed by atoms with Crippen LogP contribution in [0.15, 0.2) is 0 Å². The van der Waals surface area contributed by atoms with E-state index in [4.69, 9.17) is 4.74 Å². The third kappa shape index (κ3) is 3.71. The summed E-state index contributed by atoms with van der Waals surface area (Å²) in [7, 11) is 5.62. The van der Waals surface area contributed by atoms with Crippen molar-refractivity contribution >= 4 is 5.82 Å². The van der Waals surface area contributed by atoms with Gasteiger partial charge in [-0.05, 0) is 20.8 Å². The molecule has 0 unspecified atom stereocenters. The highest BCUT2D eigenvalue weighted by atomic mass is 16.5. The second-order valence-corrected chi connectivity index (χ2v) is 5.71. The third-order valence-electron chi connectivity index (χ3n) is 3.71. The number of aliphatic hydroxyl groups is 1. The Morgan fingerprint density at radius 2 is 2.10 bits per heavy atom. The van der Waals surface area contributed by atoms with Crippen molar-refractivity contribution < 1.29 is 9.84 Å². The molecule has 20 heavy (non-hydrogen) atoms. The molecule has 0 spiro atoms. The fourth-order valence-corrected chi connectivity index (χ4v) is 2.10. The molecule has 6 nitrogen and oxygen atoms in total. The molecule has 0 aliphatic heterocycles. The number of nitrogens with one attached hydrogen (secondary N) is 1. The van der Waals surface area contributed by atoms with Gasteiger partial charge in [-0.15, -0.1) is 0 Å². The average Bonchev–Trinajstić information content (AvgIpc) is 2.68. The summed E-state index contributed by atoms with van der Waals surface area (Å²) in [5, 5.41) is 17.4. The molecule has 2 N–H and O–H groups in total. The van der Waals surface area contributed by atoms with Gasteiger partial charge in [0.15, 0.2) is 0 Å². The van der Waals surface area contributed by atoms with E-state index < -0.39 is 0 Å². The van der Waals surface area contributed by atoms with Gasteiger partial charge in [0.05, 0.1) is 24.4 Å². The fraction of sp³-hybridized carbons (Fsp3) is 0.786. The summed E-state index contributed by atoms with van der Waals surface area (Å²) in [6.07, 6.45) is 0. The lowest BCUT2D eigenvalue weighted by Gasteiger charge is -2.36. The molecule has 6 heteroatoms. The summed E-state index contributed by atoms with van der Waals surface area (Å²) in [6.45, 7) is 8.35. The maximum atomic E-state index is 9.56. The second-order valence-electron chi connectivity index (χ2n) is 5.71. The van der Waals surface area contributed by atoms with Gasteiger partial charge in [0.25, 0.3) is 0 Å². The lowest BCUT2D eigenvalue weighted by Crippen LogP contribution is -2.45. The SMILES string of the molecule is COCCNCc1c(C)nn(C)c1N(C)C(C)(C)CO. The van der Waals surface area contributed by atoms with Gasteiger partial charge in [-0.2, -0.15) is 5.10 Å². The van der Waals surface area contributed by atoms with E-state index in [1.165, 1.54) is 0 Å². The van der Waals surface area contributed by atoms with E-state index in [0.717, 1.165) is 30.2 Å². The van der Waals surface area contributed by atoms with Crippen LogP contribution in [0.25, 0.3) is 0 Å². The first-order valence-corrected chi connectivity index (χ1v) is 6.92. The Hall–Kier alpha value is -1.11. The lowest BCUT2D eigenvalue weighted by atomic mass is 10.0. The number of likely N-dealkylation sites (N-methyl/N-ethyl adjacent to an activating group) is 1. The number of hydrogen-bond donors (Lipinski definition) is 2. The van der Waals surface area contributed by atoms with Crippen LogP contribution in [0.1, 0.15) is 25.1 Å². The van der Waals surface area contributed by atoms with Gasteiger partial charge in [0, 0.05) is 39.9 Å². The van der Waals surface area contributed by atoms with Crippen LogP contribution in [-0.2, 0) is 18.3 Å². The molecule has 0 saturated carbocycles. The largest absolute Gasteiger partial charge is 0.394 e. The molecular formula is C14H28N4O2. The van der Waals surface area contributed by atoms with Gasteiger partial charge in [-0.1, -0.05) is 0 Å². The molecule has 0 amide bonds. The standard InChI is InChI=1S/C14H28N4O2/c1-11-12(9-15-7-8-20-6)13(18(5)16-11)17(4)14(2,3)10-19/h15,19H,7-10H2,1-6H3. The number of aromatic nitrogens is 2. The Labute approximate surface area is 121 Å². The number of ether oxygens (including phenoxy) is 1. The number of hydrogen-bond acceptors (Lipinski definition) is 5. The minimum absolute atomic E-state index is 0.0876.